The molecule has 0 aliphatic carbocycles. The predicted molar refractivity (Wildman–Crippen MR) is 110 cm³/mol. The van der Waals surface area contributed by atoms with Crippen molar-refractivity contribution in [1.82, 2.24) is 8.61 Å². The molecular weight excluding hydrogens is 420 g/mol. The van der Waals surface area contributed by atoms with E-state index < -0.39 is 20.0 Å². The van der Waals surface area contributed by atoms with Crippen molar-refractivity contribution in [3.63, 3.8) is 0 Å². The highest BCUT2D eigenvalue weighted by Gasteiger charge is 2.33. The van der Waals surface area contributed by atoms with E-state index in [4.69, 9.17) is 11.6 Å². The van der Waals surface area contributed by atoms with Crippen LogP contribution in [0.1, 0.15) is 25.3 Å². The molecular formula is C19H23ClN2O4S2. The molecule has 1 heterocycles. The van der Waals surface area contributed by atoms with Crippen LogP contribution >= 0.6 is 11.6 Å². The number of halogens is 1. The van der Waals surface area contributed by atoms with Gasteiger partial charge < -0.3 is 0 Å². The van der Waals surface area contributed by atoms with Crippen LogP contribution in [0.4, 0.5) is 0 Å². The van der Waals surface area contributed by atoms with Crippen molar-refractivity contribution < 1.29 is 16.8 Å². The summed E-state index contributed by atoms with van der Waals surface area (Å²) in [5.41, 5.74) is 1.07. The Bertz CT molecular complexity index is 1030. The van der Waals surface area contributed by atoms with Gasteiger partial charge in [0.15, 0.2) is 0 Å². The first kappa shape index (κ1) is 21.3. The minimum absolute atomic E-state index is 0.105. The van der Waals surface area contributed by atoms with Gasteiger partial charge in [-0.3, -0.25) is 0 Å². The van der Waals surface area contributed by atoms with E-state index in [0.717, 1.165) is 5.56 Å². The average molecular weight is 443 g/mol. The molecule has 0 spiro atoms. The first-order chi connectivity index (χ1) is 13.1. The molecule has 1 aliphatic heterocycles. The maximum Gasteiger partial charge on any atom is 0.243 e. The van der Waals surface area contributed by atoms with Gasteiger partial charge >= 0.3 is 0 Å². The van der Waals surface area contributed by atoms with Gasteiger partial charge in [-0.05, 0) is 47.9 Å². The zero-order valence-corrected chi connectivity index (χ0v) is 18.1. The van der Waals surface area contributed by atoms with E-state index in [1.807, 2.05) is 26.0 Å². The largest absolute Gasteiger partial charge is 0.243 e. The Balaban J connectivity index is 1.73. The summed E-state index contributed by atoms with van der Waals surface area (Å²) >= 11 is 5.82. The van der Waals surface area contributed by atoms with E-state index in [1.165, 1.54) is 32.9 Å². The molecule has 0 unspecified atom stereocenters. The first-order valence-corrected chi connectivity index (χ1v) is 12.2. The lowest BCUT2D eigenvalue weighted by Gasteiger charge is -2.33. The normalized spacial score (nSPS) is 17.1. The second kappa shape index (κ2) is 8.12. The van der Waals surface area contributed by atoms with Crippen molar-refractivity contribution in [3.05, 3.63) is 59.1 Å². The minimum atomic E-state index is -3.67. The number of hydrogen-bond acceptors (Lipinski definition) is 4. The third-order valence-electron chi connectivity index (χ3n) is 4.83. The predicted octanol–water partition coefficient (Wildman–Crippen LogP) is 3.16. The molecule has 0 bridgehead atoms. The van der Waals surface area contributed by atoms with Crippen molar-refractivity contribution in [3.8, 4) is 0 Å². The van der Waals surface area contributed by atoms with E-state index >= 15 is 0 Å². The maximum atomic E-state index is 12.9. The van der Waals surface area contributed by atoms with Crippen LogP contribution < -0.4 is 0 Å². The topological polar surface area (TPSA) is 74.8 Å². The number of piperazine rings is 1. The summed E-state index contributed by atoms with van der Waals surface area (Å²) < 4.78 is 53.9. The Morgan fingerprint density at radius 2 is 1.07 bits per heavy atom. The Morgan fingerprint density at radius 1 is 0.714 bits per heavy atom. The highest BCUT2D eigenvalue weighted by molar-refractivity contribution is 7.89. The van der Waals surface area contributed by atoms with Gasteiger partial charge in [-0.2, -0.15) is 8.61 Å². The number of nitrogens with zero attached hydrogens (tertiary/aromatic N) is 2. The third-order valence-corrected chi connectivity index (χ3v) is 8.91. The lowest BCUT2D eigenvalue weighted by Crippen LogP contribution is -2.50. The van der Waals surface area contributed by atoms with Gasteiger partial charge in [0, 0.05) is 31.2 Å². The maximum absolute atomic E-state index is 12.9. The molecule has 1 fully saturated rings. The summed E-state index contributed by atoms with van der Waals surface area (Å²) in [5, 5.41) is 0.457. The van der Waals surface area contributed by atoms with Crippen LogP contribution in [0, 0.1) is 0 Å². The highest BCUT2D eigenvalue weighted by atomic mass is 35.5. The Morgan fingerprint density at radius 3 is 1.43 bits per heavy atom. The molecule has 28 heavy (non-hydrogen) atoms. The van der Waals surface area contributed by atoms with E-state index in [0.29, 0.717) is 10.9 Å². The smallest absolute Gasteiger partial charge is 0.207 e. The highest BCUT2D eigenvalue weighted by Crippen LogP contribution is 2.24. The summed E-state index contributed by atoms with van der Waals surface area (Å²) in [6.45, 7) is 4.53. The van der Waals surface area contributed by atoms with Crippen molar-refractivity contribution in [2.24, 2.45) is 0 Å². The fraction of sp³-hybridized carbons (Fsp3) is 0.368. The molecule has 0 saturated carbocycles. The molecule has 152 valence electrons. The standard InChI is InChI=1S/C19H23ClN2O4S2/c1-15(2)16-3-7-18(8-4-16)27(23,24)21-11-13-22(14-12-21)28(25,26)19-9-5-17(20)6-10-19/h3-10,15H,11-14H2,1-2H3. The SMILES string of the molecule is CC(C)c1ccc(S(=O)(=O)N2CCN(S(=O)(=O)c3ccc(Cl)cc3)CC2)cc1. The first-order valence-electron chi connectivity index (χ1n) is 8.98. The fourth-order valence-electron chi connectivity index (χ4n) is 3.08. The van der Waals surface area contributed by atoms with Crippen molar-refractivity contribution >= 4 is 31.6 Å². The summed E-state index contributed by atoms with van der Waals surface area (Å²) in [4.78, 5) is 0.378. The number of sulfonamides is 2. The molecule has 2 aromatic rings. The monoisotopic (exact) mass is 442 g/mol. The Hall–Kier alpha value is -1.45. The lowest BCUT2D eigenvalue weighted by atomic mass is 10.0. The van der Waals surface area contributed by atoms with Crippen LogP contribution in [0.3, 0.4) is 0 Å². The quantitative estimate of drug-likeness (QED) is 0.712. The van der Waals surface area contributed by atoms with E-state index in [1.54, 1.807) is 12.1 Å². The lowest BCUT2D eigenvalue weighted by molar-refractivity contribution is 0.273. The van der Waals surface area contributed by atoms with Crippen molar-refractivity contribution in [2.75, 3.05) is 26.2 Å². The van der Waals surface area contributed by atoms with Crippen LogP contribution in [0.2, 0.25) is 5.02 Å². The molecule has 0 radical (unpaired) electrons. The van der Waals surface area contributed by atoms with Gasteiger partial charge in [-0.15, -0.1) is 0 Å². The van der Waals surface area contributed by atoms with Crippen LogP contribution in [-0.4, -0.2) is 51.6 Å². The molecule has 1 aliphatic rings. The summed E-state index contributed by atoms with van der Waals surface area (Å²) in [5.74, 6) is 0.318. The van der Waals surface area contributed by atoms with Crippen molar-refractivity contribution in [1.29, 1.82) is 0 Å². The van der Waals surface area contributed by atoms with Gasteiger partial charge in [-0.1, -0.05) is 37.6 Å². The average Bonchev–Trinajstić information content (AvgIpc) is 2.68. The van der Waals surface area contributed by atoms with E-state index in [-0.39, 0.29) is 36.0 Å². The fourth-order valence-corrected chi connectivity index (χ4v) is 6.05. The molecule has 0 aromatic heterocycles. The molecule has 2 aromatic carbocycles. The molecule has 6 nitrogen and oxygen atoms in total. The molecule has 3 rings (SSSR count). The number of hydrogen-bond donors (Lipinski definition) is 0. The van der Waals surface area contributed by atoms with Gasteiger partial charge in [0.2, 0.25) is 20.0 Å². The van der Waals surface area contributed by atoms with Gasteiger partial charge in [-0.25, -0.2) is 16.8 Å². The molecule has 0 atom stereocenters. The van der Waals surface area contributed by atoms with Crippen molar-refractivity contribution in [2.45, 2.75) is 29.6 Å². The number of benzene rings is 2. The number of rotatable bonds is 5. The molecule has 1 saturated heterocycles. The van der Waals surface area contributed by atoms with Crippen LogP contribution in [-0.2, 0) is 20.0 Å². The van der Waals surface area contributed by atoms with Crippen LogP contribution in [0.5, 0.6) is 0 Å². The van der Waals surface area contributed by atoms with E-state index in [9.17, 15) is 16.8 Å². The van der Waals surface area contributed by atoms with Gasteiger partial charge in [0.25, 0.3) is 0 Å². The van der Waals surface area contributed by atoms with Crippen LogP contribution in [0.25, 0.3) is 0 Å². The van der Waals surface area contributed by atoms with Gasteiger partial charge in [0.05, 0.1) is 9.79 Å². The second-order valence-corrected chi connectivity index (χ2v) is 11.3. The van der Waals surface area contributed by atoms with E-state index in [2.05, 4.69) is 0 Å². The minimum Gasteiger partial charge on any atom is -0.207 e. The zero-order chi connectivity index (χ0) is 20.5. The molecule has 0 N–H and O–H groups in total. The second-order valence-electron chi connectivity index (χ2n) is 6.99. The third kappa shape index (κ3) is 4.26. The zero-order valence-electron chi connectivity index (χ0n) is 15.7. The summed E-state index contributed by atoms with van der Waals surface area (Å²) in [6, 6.07) is 12.8. The molecule has 0 amide bonds. The van der Waals surface area contributed by atoms with Crippen LogP contribution in [0.15, 0.2) is 58.3 Å². The van der Waals surface area contributed by atoms with Gasteiger partial charge in [0.1, 0.15) is 0 Å². The molecule has 9 heteroatoms. The summed E-state index contributed by atoms with van der Waals surface area (Å²) in [7, 11) is -7.32. The summed E-state index contributed by atoms with van der Waals surface area (Å²) in [6.07, 6.45) is 0. The Kier molecular flexibility index (Phi) is 6.17. The Labute approximate surface area is 171 Å².